The van der Waals surface area contributed by atoms with Crippen LogP contribution >= 0.6 is 0 Å². The van der Waals surface area contributed by atoms with Crippen molar-refractivity contribution >= 4 is 8.07 Å². The lowest BCUT2D eigenvalue weighted by molar-refractivity contribution is 0.131. The molecule has 1 aliphatic heterocycles. The molecule has 3 atom stereocenters. The Morgan fingerprint density at radius 1 is 1.45 bits per heavy atom. The van der Waals surface area contributed by atoms with Crippen LogP contribution in [-0.4, -0.2) is 31.1 Å². The third-order valence-electron chi connectivity index (χ3n) is 2.18. The quantitative estimate of drug-likeness (QED) is 0.518. The van der Waals surface area contributed by atoms with Crippen LogP contribution in [0.1, 0.15) is 13.3 Å². The number of hydrogen-bond donors (Lipinski definition) is 1. The van der Waals surface area contributed by atoms with Crippen LogP contribution < -0.4 is 0 Å². The minimum Gasteiger partial charge on any atom is -0.390 e. The maximum absolute atomic E-state index is 9.43. The number of ether oxygens (including phenoxy) is 1. The molecule has 0 radical (unpaired) electrons. The van der Waals surface area contributed by atoms with Gasteiger partial charge in [-0.25, -0.2) is 0 Å². The molecule has 0 bridgehead atoms. The number of hydrogen-bond acceptors (Lipinski definition) is 2. The highest BCUT2D eigenvalue weighted by atomic mass is 28.3. The maximum Gasteiger partial charge on any atom is 0.107 e. The summed E-state index contributed by atoms with van der Waals surface area (Å²) in [6.45, 7) is 8.83. The summed E-state index contributed by atoms with van der Waals surface area (Å²) in [6, 6.07) is 0. The molecular weight excluding hydrogens is 156 g/mol. The molecule has 1 N–H and O–H groups in total. The zero-order valence-corrected chi connectivity index (χ0v) is 8.79. The van der Waals surface area contributed by atoms with E-state index in [0.717, 1.165) is 6.42 Å². The Kier molecular flexibility index (Phi) is 2.42. The zero-order valence-electron chi connectivity index (χ0n) is 7.79. The van der Waals surface area contributed by atoms with E-state index < -0.39 is 8.07 Å². The van der Waals surface area contributed by atoms with Crippen LogP contribution in [0, 0.1) is 0 Å². The van der Waals surface area contributed by atoms with E-state index in [0.29, 0.717) is 5.73 Å². The van der Waals surface area contributed by atoms with Crippen molar-refractivity contribution in [2.24, 2.45) is 0 Å². The molecule has 0 aromatic heterocycles. The predicted molar refractivity (Wildman–Crippen MR) is 48.3 cm³/mol. The smallest absolute Gasteiger partial charge is 0.107 e. The van der Waals surface area contributed by atoms with Crippen LogP contribution in [0.15, 0.2) is 0 Å². The van der Waals surface area contributed by atoms with Gasteiger partial charge in [-0.2, -0.15) is 0 Å². The molecule has 1 saturated heterocycles. The van der Waals surface area contributed by atoms with Gasteiger partial charge in [-0.15, -0.1) is 0 Å². The fourth-order valence-electron chi connectivity index (χ4n) is 1.35. The van der Waals surface area contributed by atoms with Gasteiger partial charge in [0.15, 0.2) is 0 Å². The molecule has 2 nitrogen and oxygen atoms in total. The fraction of sp³-hybridized carbons (Fsp3) is 1.00. The van der Waals surface area contributed by atoms with Crippen molar-refractivity contribution in [3.8, 4) is 0 Å². The highest BCUT2D eigenvalue weighted by Gasteiger charge is 2.51. The van der Waals surface area contributed by atoms with E-state index >= 15 is 0 Å². The van der Waals surface area contributed by atoms with Crippen molar-refractivity contribution in [1.29, 1.82) is 0 Å². The highest BCUT2D eigenvalue weighted by Crippen LogP contribution is 2.34. The predicted octanol–water partition coefficient (Wildman–Crippen LogP) is 1.40. The molecule has 0 aliphatic carbocycles. The van der Waals surface area contributed by atoms with Gasteiger partial charge in [0, 0.05) is 0 Å². The molecule has 0 amide bonds. The standard InChI is InChI=1S/C8H18O2Si/c1-5-6(9)7-8(10-7)11(2,3)4/h6-9H,5H2,1-4H3. The molecule has 0 spiro atoms. The third-order valence-corrected chi connectivity index (χ3v) is 4.35. The van der Waals surface area contributed by atoms with E-state index in [4.69, 9.17) is 4.74 Å². The SMILES string of the molecule is CCC(O)C1OC1[Si](C)(C)C. The average Bonchev–Trinajstić information content (AvgIpc) is 2.62. The van der Waals surface area contributed by atoms with E-state index in [1.165, 1.54) is 0 Å². The van der Waals surface area contributed by atoms with Crippen LogP contribution in [0.5, 0.6) is 0 Å². The largest absolute Gasteiger partial charge is 0.390 e. The molecule has 1 fully saturated rings. The van der Waals surface area contributed by atoms with Crippen molar-refractivity contribution in [2.45, 2.75) is 50.9 Å². The Morgan fingerprint density at radius 3 is 2.27 bits per heavy atom. The summed E-state index contributed by atoms with van der Waals surface area (Å²) in [5.74, 6) is 0. The van der Waals surface area contributed by atoms with Crippen LogP contribution in [0.2, 0.25) is 19.6 Å². The molecule has 1 aliphatic rings. The molecule has 66 valence electrons. The first-order valence-electron chi connectivity index (χ1n) is 4.30. The van der Waals surface area contributed by atoms with Crippen LogP contribution in [-0.2, 0) is 4.74 Å². The van der Waals surface area contributed by atoms with Crippen molar-refractivity contribution in [2.75, 3.05) is 0 Å². The van der Waals surface area contributed by atoms with E-state index in [2.05, 4.69) is 19.6 Å². The molecule has 3 unspecified atom stereocenters. The summed E-state index contributed by atoms with van der Waals surface area (Å²) in [4.78, 5) is 0. The van der Waals surface area contributed by atoms with Gasteiger partial charge in [-0.3, -0.25) is 0 Å². The van der Waals surface area contributed by atoms with Gasteiger partial charge >= 0.3 is 0 Å². The lowest BCUT2D eigenvalue weighted by Crippen LogP contribution is -2.33. The Labute approximate surface area is 69.6 Å². The van der Waals surface area contributed by atoms with E-state index in [-0.39, 0.29) is 12.2 Å². The summed E-state index contributed by atoms with van der Waals surface area (Å²) in [7, 11) is -1.15. The second-order valence-corrected chi connectivity index (χ2v) is 9.66. The lowest BCUT2D eigenvalue weighted by Gasteiger charge is -2.12. The Morgan fingerprint density at radius 2 is 2.00 bits per heavy atom. The molecule has 3 heteroatoms. The van der Waals surface area contributed by atoms with Crippen molar-refractivity contribution in [3.63, 3.8) is 0 Å². The van der Waals surface area contributed by atoms with Gasteiger partial charge in [-0.05, 0) is 6.42 Å². The molecule has 0 aromatic rings. The fourth-order valence-corrected chi connectivity index (χ4v) is 3.12. The van der Waals surface area contributed by atoms with Gasteiger partial charge in [0.2, 0.25) is 0 Å². The first kappa shape index (κ1) is 9.23. The van der Waals surface area contributed by atoms with Gasteiger partial charge in [0.1, 0.15) is 6.10 Å². The molecular formula is C8H18O2Si. The zero-order chi connectivity index (χ0) is 8.65. The van der Waals surface area contributed by atoms with Gasteiger partial charge < -0.3 is 9.84 Å². The number of aliphatic hydroxyl groups excluding tert-OH is 1. The summed E-state index contributed by atoms with van der Waals surface area (Å²) in [5, 5.41) is 9.43. The monoisotopic (exact) mass is 174 g/mol. The van der Waals surface area contributed by atoms with E-state index in [9.17, 15) is 5.11 Å². The topological polar surface area (TPSA) is 32.8 Å². The number of rotatable bonds is 3. The summed E-state index contributed by atoms with van der Waals surface area (Å²) in [6.07, 6.45) is 0.740. The minimum atomic E-state index is -1.15. The van der Waals surface area contributed by atoms with Gasteiger partial charge in [0.25, 0.3) is 0 Å². The summed E-state index contributed by atoms with van der Waals surface area (Å²) < 4.78 is 5.45. The first-order valence-corrected chi connectivity index (χ1v) is 7.88. The van der Waals surface area contributed by atoms with Crippen LogP contribution in [0.4, 0.5) is 0 Å². The summed E-state index contributed by atoms with van der Waals surface area (Å²) >= 11 is 0. The Hall–Kier alpha value is 0.137. The van der Waals surface area contributed by atoms with Crippen molar-refractivity contribution < 1.29 is 9.84 Å². The first-order chi connectivity index (χ1) is 4.96. The van der Waals surface area contributed by atoms with Gasteiger partial charge in [0.05, 0.1) is 19.9 Å². The second kappa shape index (κ2) is 2.88. The number of epoxide rings is 1. The van der Waals surface area contributed by atoms with E-state index in [1.54, 1.807) is 0 Å². The van der Waals surface area contributed by atoms with Crippen LogP contribution in [0.3, 0.4) is 0 Å². The summed E-state index contributed by atoms with van der Waals surface area (Å²) in [5.41, 5.74) is 0.400. The molecule has 0 aromatic carbocycles. The minimum absolute atomic E-state index is 0.159. The van der Waals surface area contributed by atoms with Gasteiger partial charge in [-0.1, -0.05) is 26.6 Å². The Balaban J connectivity index is 2.37. The molecule has 1 heterocycles. The second-order valence-electron chi connectivity index (χ2n) is 4.36. The molecule has 1 rings (SSSR count). The highest BCUT2D eigenvalue weighted by molar-refractivity contribution is 6.78. The maximum atomic E-state index is 9.43. The Bertz CT molecular complexity index is 142. The van der Waals surface area contributed by atoms with Crippen molar-refractivity contribution in [1.82, 2.24) is 0 Å². The van der Waals surface area contributed by atoms with Crippen molar-refractivity contribution in [3.05, 3.63) is 0 Å². The molecule has 0 saturated carbocycles. The lowest BCUT2D eigenvalue weighted by atomic mass is 10.2. The van der Waals surface area contributed by atoms with Crippen LogP contribution in [0.25, 0.3) is 0 Å². The molecule has 11 heavy (non-hydrogen) atoms. The normalized spacial score (nSPS) is 33.5. The van der Waals surface area contributed by atoms with E-state index in [1.807, 2.05) is 6.92 Å². The third kappa shape index (κ3) is 2.04. The average molecular weight is 174 g/mol. The number of aliphatic hydroxyl groups is 1.